The lowest BCUT2D eigenvalue weighted by Gasteiger charge is -2.28. The summed E-state index contributed by atoms with van der Waals surface area (Å²) in [5.74, 6) is 2.85. The summed E-state index contributed by atoms with van der Waals surface area (Å²) in [5, 5.41) is 0. The highest BCUT2D eigenvalue weighted by molar-refractivity contribution is 5.01. The lowest BCUT2D eigenvalue weighted by atomic mass is 9.77. The second-order valence-electron chi connectivity index (χ2n) is 7.12. The lowest BCUT2D eigenvalue weighted by molar-refractivity contribution is 0.256. The van der Waals surface area contributed by atoms with Crippen molar-refractivity contribution in [1.29, 1.82) is 0 Å². The molecule has 0 aromatic carbocycles. The van der Waals surface area contributed by atoms with Crippen molar-refractivity contribution in [3.63, 3.8) is 0 Å². The van der Waals surface area contributed by atoms with Crippen molar-refractivity contribution in [2.24, 2.45) is 17.8 Å². The van der Waals surface area contributed by atoms with E-state index in [4.69, 9.17) is 0 Å². The van der Waals surface area contributed by atoms with Gasteiger partial charge in [0.1, 0.15) is 0 Å². The highest BCUT2D eigenvalue weighted by Gasteiger charge is 2.20. The van der Waals surface area contributed by atoms with Gasteiger partial charge in [0.25, 0.3) is 0 Å². The maximum atomic E-state index is 4.44. The summed E-state index contributed by atoms with van der Waals surface area (Å²) in [4.78, 5) is 0. The highest BCUT2D eigenvalue weighted by atomic mass is 14.3. The van der Waals surface area contributed by atoms with Crippen LogP contribution in [0.4, 0.5) is 0 Å². The van der Waals surface area contributed by atoms with Gasteiger partial charge in [0.2, 0.25) is 0 Å². The van der Waals surface area contributed by atoms with Gasteiger partial charge in [0, 0.05) is 0 Å². The first-order valence-electron chi connectivity index (χ1n) is 9.38. The second-order valence-corrected chi connectivity index (χ2v) is 7.12. The van der Waals surface area contributed by atoms with Crippen LogP contribution in [0.2, 0.25) is 0 Å². The van der Waals surface area contributed by atoms with Crippen LogP contribution in [0.5, 0.6) is 0 Å². The zero-order chi connectivity index (χ0) is 14.8. The molecule has 0 saturated heterocycles. The first-order valence-corrected chi connectivity index (χ1v) is 9.38. The molecule has 1 saturated carbocycles. The van der Waals surface area contributed by atoms with Crippen LogP contribution >= 0.6 is 0 Å². The van der Waals surface area contributed by atoms with Gasteiger partial charge in [-0.25, -0.2) is 0 Å². The first kappa shape index (κ1) is 17.8. The maximum Gasteiger partial charge on any atom is -0.0206 e. The zero-order valence-electron chi connectivity index (χ0n) is 14.4. The average Bonchev–Trinajstić information content (AvgIpc) is 2.49. The molecular weight excluding hydrogens is 240 g/mol. The van der Waals surface area contributed by atoms with Gasteiger partial charge >= 0.3 is 0 Å². The van der Waals surface area contributed by atoms with Gasteiger partial charge in [-0.1, -0.05) is 84.3 Å². The number of hydrogen-bond acceptors (Lipinski definition) is 0. The largest absolute Gasteiger partial charge is 0.0996 e. The van der Waals surface area contributed by atoms with Crippen molar-refractivity contribution in [3.05, 3.63) is 12.2 Å². The van der Waals surface area contributed by atoms with E-state index in [0.717, 1.165) is 17.8 Å². The van der Waals surface area contributed by atoms with Gasteiger partial charge in [0.15, 0.2) is 0 Å². The Hall–Kier alpha value is -0.260. The van der Waals surface area contributed by atoms with Crippen LogP contribution in [0.1, 0.15) is 97.8 Å². The summed E-state index contributed by atoms with van der Waals surface area (Å²) in [6.07, 6.45) is 16.8. The molecule has 0 nitrogen and oxygen atoms in total. The van der Waals surface area contributed by atoms with E-state index in [-0.39, 0.29) is 0 Å². The molecule has 0 radical (unpaired) electrons. The van der Waals surface area contributed by atoms with Crippen LogP contribution in [0.15, 0.2) is 12.2 Å². The predicted octanol–water partition coefficient (Wildman–Crippen LogP) is 7.15. The SMILES string of the molecule is C=C(CCC1CCC(CC)CC1)C(CCC)CCCC. The van der Waals surface area contributed by atoms with Gasteiger partial charge in [0.05, 0.1) is 0 Å². The molecule has 118 valence electrons. The van der Waals surface area contributed by atoms with Crippen LogP contribution in [-0.4, -0.2) is 0 Å². The molecule has 0 aromatic rings. The Morgan fingerprint density at radius 3 is 2.15 bits per heavy atom. The molecule has 0 spiro atoms. The Kier molecular flexibility index (Phi) is 9.31. The molecule has 1 rings (SSSR count). The Morgan fingerprint density at radius 2 is 1.60 bits per heavy atom. The third-order valence-corrected chi connectivity index (χ3v) is 5.54. The van der Waals surface area contributed by atoms with Gasteiger partial charge in [-0.2, -0.15) is 0 Å². The summed E-state index contributed by atoms with van der Waals surface area (Å²) in [7, 11) is 0. The standard InChI is InChI=1S/C20H38/c1-5-8-10-20(9-6-2)17(4)11-12-19-15-13-18(7-3)14-16-19/h18-20H,4-16H2,1-3H3. The molecule has 1 fully saturated rings. The molecule has 0 aromatic heterocycles. The minimum atomic E-state index is 0.812. The summed E-state index contributed by atoms with van der Waals surface area (Å²) in [5.41, 5.74) is 1.57. The van der Waals surface area contributed by atoms with Gasteiger partial charge in [-0.05, 0) is 43.4 Å². The molecule has 1 atom stereocenters. The topological polar surface area (TPSA) is 0 Å². The molecule has 0 amide bonds. The number of unbranched alkanes of at least 4 members (excludes halogenated alkanes) is 1. The molecule has 1 aliphatic rings. The molecule has 0 N–H and O–H groups in total. The lowest BCUT2D eigenvalue weighted by Crippen LogP contribution is -2.14. The van der Waals surface area contributed by atoms with E-state index in [9.17, 15) is 0 Å². The third kappa shape index (κ3) is 6.46. The molecule has 0 aliphatic heterocycles. The van der Waals surface area contributed by atoms with Crippen LogP contribution in [0, 0.1) is 17.8 Å². The zero-order valence-corrected chi connectivity index (χ0v) is 14.4. The van der Waals surface area contributed by atoms with Crippen LogP contribution in [0.25, 0.3) is 0 Å². The van der Waals surface area contributed by atoms with Gasteiger partial charge < -0.3 is 0 Å². The predicted molar refractivity (Wildman–Crippen MR) is 92.0 cm³/mol. The fraction of sp³-hybridized carbons (Fsp3) is 0.900. The fourth-order valence-corrected chi connectivity index (χ4v) is 3.87. The van der Waals surface area contributed by atoms with Crippen molar-refractivity contribution in [2.45, 2.75) is 97.8 Å². The smallest absolute Gasteiger partial charge is 0.0206 e. The molecule has 0 heterocycles. The van der Waals surface area contributed by atoms with Crippen molar-refractivity contribution in [2.75, 3.05) is 0 Å². The quantitative estimate of drug-likeness (QED) is 0.372. The third-order valence-electron chi connectivity index (χ3n) is 5.54. The van der Waals surface area contributed by atoms with Crippen molar-refractivity contribution >= 4 is 0 Å². The minimum Gasteiger partial charge on any atom is -0.0996 e. The number of rotatable bonds is 10. The number of hydrogen-bond donors (Lipinski definition) is 0. The van der Waals surface area contributed by atoms with E-state index in [1.807, 2.05) is 0 Å². The molecule has 20 heavy (non-hydrogen) atoms. The second kappa shape index (κ2) is 10.5. The number of allylic oxidation sites excluding steroid dienone is 1. The Balaban J connectivity index is 2.26. The van der Waals surface area contributed by atoms with Crippen molar-refractivity contribution in [3.8, 4) is 0 Å². The Bertz CT molecular complexity index is 245. The van der Waals surface area contributed by atoms with E-state index >= 15 is 0 Å². The summed E-state index contributed by atoms with van der Waals surface area (Å²) in [6.45, 7) is 11.4. The van der Waals surface area contributed by atoms with Crippen molar-refractivity contribution < 1.29 is 0 Å². The molecule has 1 aliphatic carbocycles. The normalized spacial score (nSPS) is 24.6. The van der Waals surface area contributed by atoms with E-state index in [0.29, 0.717) is 0 Å². The molecule has 0 bridgehead atoms. The maximum absolute atomic E-state index is 4.44. The van der Waals surface area contributed by atoms with Crippen LogP contribution in [0.3, 0.4) is 0 Å². The molecule has 0 heteroatoms. The van der Waals surface area contributed by atoms with E-state index in [1.54, 1.807) is 5.57 Å². The Labute approximate surface area is 128 Å². The van der Waals surface area contributed by atoms with E-state index in [2.05, 4.69) is 27.4 Å². The Morgan fingerprint density at radius 1 is 0.950 bits per heavy atom. The minimum absolute atomic E-state index is 0.812. The fourth-order valence-electron chi connectivity index (χ4n) is 3.87. The average molecular weight is 279 g/mol. The highest BCUT2D eigenvalue weighted by Crippen LogP contribution is 2.35. The van der Waals surface area contributed by atoms with E-state index < -0.39 is 0 Å². The van der Waals surface area contributed by atoms with Crippen LogP contribution < -0.4 is 0 Å². The van der Waals surface area contributed by atoms with Gasteiger partial charge in [-0.15, -0.1) is 0 Å². The van der Waals surface area contributed by atoms with Crippen molar-refractivity contribution in [1.82, 2.24) is 0 Å². The molecule has 1 unspecified atom stereocenters. The first-order chi connectivity index (χ1) is 9.71. The molecular formula is C20H38. The summed E-state index contributed by atoms with van der Waals surface area (Å²) < 4.78 is 0. The van der Waals surface area contributed by atoms with Crippen LogP contribution in [-0.2, 0) is 0 Å². The van der Waals surface area contributed by atoms with Gasteiger partial charge in [-0.3, -0.25) is 0 Å². The van der Waals surface area contributed by atoms with E-state index in [1.165, 1.54) is 77.0 Å². The summed E-state index contributed by atoms with van der Waals surface area (Å²) in [6, 6.07) is 0. The monoisotopic (exact) mass is 278 g/mol. The summed E-state index contributed by atoms with van der Waals surface area (Å²) >= 11 is 0.